The van der Waals surface area contributed by atoms with Crippen LogP contribution in [-0.4, -0.2) is 37.4 Å². The van der Waals surface area contributed by atoms with Crippen LogP contribution in [0.5, 0.6) is 11.5 Å². The largest absolute Gasteiger partial charge is 0.489 e. The maximum atomic E-state index is 11.6. The van der Waals surface area contributed by atoms with Crippen LogP contribution in [0.3, 0.4) is 0 Å². The Morgan fingerprint density at radius 2 is 1.37 bits per heavy atom. The first-order valence-electron chi connectivity index (χ1n) is 11.1. The molecule has 7 heteroatoms. The smallest absolute Gasteiger partial charge is 0.330 e. The molecule has 0 N–H and O–H groups in total. The number of benzene rings is 3. The lowest BCUT2D eigenvalue weighted by atomic mass is 10.1. The fourth-order valence-electron chi connectivity index (χ4n) is 3.22. The number of esters is 2. The minimum Gasteiger partial charge on any atom is -0.489 e. The molecule has 182 valence electrons. The molecule has 0 radical (unpaired) electrons. The molecule has 0 fully saturated rings. The summed E-state index contributed by atoms with van der Waals surface area (Å²) in [6.45, 7) is 10.7. The standard InChI is InChI=1S/C28H28O6S/c1-5-26(29)33-19(3)17-31-24-16-25(35-21-12-8-7-9-13-21)28(23-15-11-10-14-22(23)24)32-18-20(4)34-27(30)6-2/h5-16,19-20H,1-2,17-18H2,3-4H3. The molecule has 0 saturated heterocycles. The average molecular weight is 493 g/mol. The average Bonchev–Trinajstić information content (AvgIpc) is 2.87. The molecule has 0 aliphatic heterocycles. The summed E-state index contributed by atoms with van der Waals surface area (Å²) in [4.78, 5) is 24.9. The van der Waals surface area contributed by atoms with Gasteiger partial charge < -0.3 is 18.9 Å². The number of ether oxygens (including phenoxy) is 4. The summed E-state index contributed by atoms with van der Waals surface area (Å²) in [5, 5.41) is 1.69. The first-order chi connectivity index (χ1) is 16.9. The maximum Gasteiger partial charge on any atom is 0.330 e. The number of hydrogen-bond donors (Lipinski definition) is 0. The first-order valence-corrected chi connectivity index (χ1v) is 11.9. The second-order valence-electron chi connectivity index (χ2n) is 7.69. The molecule has 3 rings (SSSR count). The number of carbonyl (C=O) groups is 2. The van der Waals surface area contributed by atoms with Gasteiger partial charge in [-0.05, 0) is 32.0 Å². The predicted octanol–water partition coefficient (Wildman–Crippen LogP) is 5.98. The minimum absolute atomic E-state index is 0.167. The van der Waals surface area contributed by atoms with Crippen LogP contribution in [0.2, 0.25) is 0 Å². The Kier molecular flexibility index (Phi) is 9.38. The van der Waals surface area contributed by atoms with Crippen LogP contribution in [-0.2, 0) is 19.1 Å². The molecular weight excluding hydrogens is 464 g/mol. The molecule has 0 aliphatic rings. The monoisotopic (exact) mass is 492 g/mol. The number of hydrogen-bond acceptors (Lipinski definition) is 7. The van der Waals surface area contributed by atoms with Crippen molar-refractivity contribution in [1.82, 2.24) is 0 Å². The van der Waals surface area contributed by atoms with E-state index in [9.17, 15) is 9.59 Å². The summed E-state index contributed by atoms with van der Waals surface area (Å²) in [5.74, 6) is 0.301. The maximum absolute atomic E-state index is 11.6. The lowest BCUT2D eigenvalue weighted by Gasteiger charge is -2.20. The zero-order valence-corrected chi connectivity index (χ0v) is 20.6. The Morgan fingerprint density at radius 3 is 1.97 bits per heavy atom. The normalized spacial score (nSPS) is 12.3. The Bertz CT molecular complexity index is 1190. The van der Waals surface area contributed by atoms with Gasteiger partial charge in [-0.2, -0.15) is 0 Å². The predicted molar refractivity (Wildman–Crippen MR) is 137 cm³/mol. The molecule has 3 aromatic rings. The van der Waals surface area contributed by atoms with Crippen LogP contribution in [0.25, 0.3) is 10.8 Å². The molecule has 35 heavy (non-hydrogen) atoms. The zero-order valence-electron chi connectivity index (χ0n) is 19.8. The van der Waals surface area contributed by atoms with E-state index >= 15 is 0 Å². The van der Waals surface area contributed by atoms with Crippen molar-refractivity contribution in [2.75, 3.05) is 13.2 Å². The van der Waals surface area contributed by atoms with Gasteiger partial charge in [0.25, 0.3) is 0 Å². The molecule has 0 heterocycles. The third-order valence-corrected chi connectivity index (χ3v) is 5.83. The van der Waals surface area contributed by atoms with E-state index in [4.69, 9.17) is 18.9 Å². The molecule has 0 bridgehead atoms. The van der Waals surface area contributed by atoms with Gasteiger partial charge >= 0.3 is 11.9 Å². The highest BCUT2D eigenvalue weighted by molar-refractivity contribution is 7.99. The van der Waals surface area contributed by atoms with Gasteiger partial charge in [-0.1, -0.05) is 67.4 Å². The van der Waals surface area contributed by atoms with Crippen LogP contribution in [0.1, 0.15) is 13.8 Å². The second-order valence-corrected chi connectivity index (χ2v) is 8.80. The van der Waals surface area contributed by atoms with Crippen LogP contribution in [0.15, 0.2) is 95.8 Å². The molecule has 0 amide bonds. The Labute approximate surface area is 209 Å². The molecule has 6 nitrogen and oxygen atoms in total. The molecule has 0 saturated carbocycles. The third kappa shape index (κ3) is 7.39. The van der Waals surface area contributed by atoms with Crippen molar-refractivity contribution in [3.05, 3.63) is 86.0 Å². The van der Waals surface area contributed by atoms with E-state index in [0.717, 1.165) is 32.7 Å². The molecule has 2 atom stereocenters. The number of carbonyl (C=O) groups excluding carboxylic acids is 2. The van der Waals surface area contributed by atoms with E-state index in [1.807, 2.05) is 60.7 Å². The molecular formula is C28H28O6S. The van der Waals surface area contributed by atoms with Crippen molar-refractivity contribution in [2.24, 2.45) is 0 Å². The van der Waals surface area contributed by atoms with Crippen molar-refractivity contribution in [2.45, 2.75) is 35.8 Å². The molecule has 0 aromatic heterocycles. The lowest BCUT2D eigenvalue weighted by molar-refractivity contribution is -0.144. The van der Waals surface area contributed by atoms with E-state index in [0.29, 0.717) is 11.5 Å². The van der Waals surface area contributed by atoms with Crippen molar-refractivity contribution in [3.63, 3.8) is 0 Å². The third-order valence-electron chi connectivity index (χ3n) is 4.80. The van der Waals surface area contributed by atoms with Gasteiger partial charge in [-0.15, -0.1) is 0 Å². The van der Waals surface area contributed by atoms with Crippen LogP contribution in [0, 0.1) is 0 Å². The van der Waals surface area contributed by atoms with Crippen molar-refractivity contribution in [3.8, 4) is 11.5 Å². The topological polar surface area (TPSA) is 71.1 Å². The van der Waals surface area contributed by atoms with Crippen molar-refractivity contribution < 1.29 is 28.5 Å². The van der Waals surface area contributed by atoms with E-state index < -0.39 is 24.1 Å². The van der Waals surface area contributed by atoms with Crippen LogP contribution in [0.4, 0.5) is 0 Å². The highest BCUT2D eigenvalue weighted by atomic mass is 32.2. The quantitative estimate of drug-likeness (QED) is 0.227. The van der Waals surface area contributed by atoms with E-state index in [-0.39, 0.29) is 13.2 Å². The van der Waals surface area contributed by atoms with Gasteiger partial charge in [0, 0.05) is 27.8 Å². The highest BCUT2D eigenvalue weighted by Crippen LogP contribution is 2.44. The highest BCUT2D eigenvalue weighted by Gasteiger charge is 2.18. The van der Waals surface area contributed by atoms with Gasteiger partial charge in [0.1, 0.15) is 36.9 Å². The Balaban J connectivity index is 1.95. The zero-order chi connectivity index (χ0) is 25.2. The number of rotatable bonds is 12. The summed E-state index contributed by atoms with van der Waals surface area (Å²) < 4.78 is 22.8. The summed E-state index contributed by atoms with van der Waals surface area (Å²) in [6, 6.07) is 19.6. The van der Waals surface area contributed by atoms with Crippen molar-refractivity contribution in [1.29, 1.82) is 0 Å². The molecule has 2 unspecified atom stereocenters. The van der Waals surface area contributed by atoms with Gasteiger partial charge in [0.15, 0.2) is 0 Å². The summed E-state index contributed by atoms with van der Waals surface area (Å²) in [5.41, 5.74) is 0. The number of fused-ring (bicyclic) bond motifs is 1. The first kappa shape index (κ1) is 25.9. The fourth-order valence-corrected chi connectivity index (χ4v) is 4.19. The van der Waals surface area contributed by atoms with Gasteiger partial charge in [-0.25, -0.2) is 9.59 Å². The van der Waals surface area contributed by atoms with E-state index in [2.05, 4.69) is 13.2 Å². The van der Waals surface area contributed by atoms with Crippen molar-refractivity contribution >= 4 is 34.5 Å². The fraction of sp³-hybridized carbons (Fsp3) is 0.214. The SMILES string of the molecule is C=CC(=O)OC(C)COc1cc(Sc2ccccc2)c(OCC(C)OC(=O)C=C)c2ccccc12. The molecule has 0 aliphatic carbocycles. The molecule has 3 aromatic carbocycles. The summed E-state index contributed by atoms with van der Waals surface area (Å²) in [6.07, 6.45) is 1.33. The van der Waals surface area contributed by atoms with Crippen LogP contribution < -0.4 is 9.47 Å². The summed E-state index contributed by atoms with van der Waals surface area (Å²) in [7, 11) is 0. The van der Waals surface area contributed by atoms with E-state index in [1.165, 1.54) is 11.8 Å². The Hall–Kier alpha value is -3.71. The van der Waals surface area contributed by atoms with E-state index in [1.54, 1.807) is 13.8 Å². The minimum atomic E-state index is -0.500. The van der Waals surface area contributed by atoms with Crippen LogP contribution >= 0.6 is 11.8 Å². The Morgan fingerprint density at radius 1 is 0.829 bits per heavy atom. The van der Waals surface area contributed by atoms with Gasteiger partial charge in [-0.3, -0.25) is 0 Å². The van der Waals surface area contributed by atoms with Gasteiger partial charge in [0.05, 0.1) is 4.90 Å². The second kappa shape index (κ2) is 12.7. The van der Waals surface area contributed by atoms with Gasteiger partial charge in [0.2, 0.25) is 0 Å². The molecule has 0 spiro atoms. The summed E-state index contributed by atoms with van der Waals surface area (Å²) >= 11 is 1.53. The lowest BCUT2D eigenvalue weighted by Crippen LogP contribution is -2.21.